The third kappa shape index (κ3) is 13.1. The summed E-state index contributed by atoms with van der Waals surface area (Å²) in [6.45, 7) is 14.6. The Morgan fingerprint density at radius 1 is 1.00 bits per heavy atom. The normalized spacial score (nSPS) is 17.6. The van der Waals surface area contributed by atoms with Gasteiger partial charge < -0.3 is 20.4 Å². The molecule has 0 aromatic carbocycles. The van der Waals surface area contributed by atoms with Gasteiger partial charge in [-0.3, -0.25) is 4.99 Å². The van der Waals surface area contributed by atoms with E-state index in [-0.39, 0.29) is 24.0 Å². The molecule has 0 amide bonds. The first kappa shape index (κ1) is 25.9. The number of nitrogens with zero attached hydrogens (tertiary/aromatic N) is 3. The van der Waals surface area contributed by atoms with E-state index in [1.807, 2.05) is 0 Å². The van der Waals surface area contributed by atoms with Crippen LogP contribution >= 0.6 is 24.0 Å². The summed E-state index contributed by atoms with van der Waals surface area (Å²) < 4.78 is 0. The van der Waals surface area contributed by atoms with Crippen LogP contribution in [0.3, 0.4) is 0 Å². The number of rotatable bonds is 12. The maximum atomic E-state index is 4.76. The average Bonchev–Trinajstić information content (AvgIpc) is 2.60. The Labute approximate surface area is 179 Å². The lowest BCUT2D eigenvalue weighted by Gasteiger charge is -2.32. The highest BCUT2D eigenvalue weighted by atomic mass is 127. The lowest BCUT2D eigenvalue weighted by Crippen LogP contribution is -2.44. The smallest absolute Gasteiger partial charge is 0.191 e. The minimum atomic E-state index is 0. The van der Waals surface area contributed by atoms with Crippen molar-refractivity contribution in [1.82, 2.24) is 20.4 Å². The molecule has 5 nitrogen and oxygen atoms in total. The molecule has 0 bridgehead atoms. The summed E-state index contributed by atoms with van der Waals surface area (Å²) >= 11 is 0. The number of piperazine rings is 1. The highest BCUT2D eigenvalue weighted by Crippen LogP contribution is 2.05. The van der Waals surface area contributed by atoms with Crippen molar-refractivity contribution < 1.29 is 0 Å². The number of hydrogen-bond acceptors (Lipinski definition) is 3. The van der Waals surface area contributed by atoms with Gasteiger partial charge in [0.15, 0.2) is 5.96 Å². The van der Waals surface area contributed by atoms with Crippen molar-refractivity contribution in [3.63, 3.8) is 0 Å². The molecule has 0 saturated carbocycles. The van der Waals surface area contributed by atoms with Crippen LogP contribution in [0.25, 0.3) is 0 Å². The molecule has 1 aliphatic rings. The van der Waals surface area contributed by atoms with E-state index in [9.17, 15) is 0 Å². The molecular formula is C20H44IN5. The van der Waals surface area contributed by atoms with Gasteiger partial charge in [0.1, 0.15) is 0 Å². The monoisotopic (exact) mass is 481 g/mol. The second-order valence-electron chi connectivity index (χ2n) is 7.51. The topological polar surface area (TPSA) is 42.9 Å². The summed E-state index contributed by atoms with van der Waals surface area (Å²) in [5, 5.41) is 6.95. The molecule has 1 rings (SSSR count). The zero-order chi connectivity index (χ0) is 18.3. The molecule has 156 valence electrons. The zero-order valence-electron chi connectivity index (χ0n) is 17.7. The van der Waals surface area contributed by atoms with Gasteiger partial charge in [0.25, 0.3) is 0 Å². The first-order valence-corrected chi connectivity index (χ1v) is 10.6. The van der Waals surface area contributed by atoms with E-state index >= 15 is 0 Å². The standard InChI is InChI=1S/C20H43N5.HI/c1-5-7-8-9-12-19(3)23-20(21-6-2)22-13-10-11-14-25-17-15-24(4)16-18-25;/h19H,5-18H2,1-4H3,(H2,21,22,23);1H. The number of guanidine groups is 1. The van der Waals surface area contributed by atoms with Crippen LogP contribution < -0.4 is 10.6 Å². The van der Waals surface area contributed by atoms with Gasteiger partial charge >= 0.3 is 0 Å². The number of unbranched alkanes of at least 4 members (excludes halogenated alkanes) is 4. The largest absolute Gasteiger partial charge is 0.357 e. The number of hydrogen-bond donors (Lipinski definition) is 2. The zero-order valence-corrected chi connectivity index (χ0v) is 20.1. The van der Waals surface area contributed by atoms with Crippen molar-refractivity contribution in [3.05, 3.63) is 0 Å². The van der Waals surface area contributed by atoms with Gasteiger partial charge in [-0.25, -0.2) is 0 Å². The molecule has 1 heterocycles. The molecule has 1 saturated heterocycles. The van der Waals surface area contributed by atoms with E-state index in [0.717, 1.165) is 19.0 Å². The highest BCUT2D eigenvalue weighted by Gasteiger charge is 2.12. The molecule has 0 aliphatic carbocycles. The second-order valence-corrected chi connectivity index (χ2v) is 7.51. The number of nitrogens with one attached hydrogen (secondary N) is 2. The van der Waals surface area contributed by atoms with Crippen LogP contribution in [0, 0.1) is 0 Å². The predicted octanol–water partition coefficient (Wildman–Crippen LogP) is 3.55. The van der Waals surface area contributed by atoms with Crippen molar-refractivity contribution >= 4 is 29.9 Å². The summed E-state index contributed by atoms with van der Waals surface area (Å²) in [5.41, 5.74) is 0. The van der Waals surface area contributed by atoms with E-state index in [1.54, 1.807) is 0 Å². The molecule has 0 spiro atoms. The van der Waals surface area contributed by atoms with Crippen molar-refractivity contribution in [3.8, 4) is 0 Å². The molecule has 26 heavy (non-hydrogen) atoms. The number of likely N-dealkylation sites (N-methyl/N-ethyl adjacent to an activating group) is 1. The number of halogens is 1. The molecule has 1 aliphatic heterocycles. The van der Waals surface area contributed by atoms with E-state index < -0.39 is 0 Å². The first-order valence-electron chi connectivity index (χ1n) is 10.6. The van der Waals surface area contributed by atoms with Crippen molar-refractivity contribution in [2.75, 3.05) is 52.9 Å². The Kier molecular flexibility index (Phi) is 17.0. The molecular weight excluding hydrogens is 437 g/mol. The lowest BCUT2D eigenvalue weighted by molar-refractivity contribution is 0.152. The van der Waals surface area contributed by atoms with Crippen LogP contribution in [-0.4, -0.2) is 74.7 Å². The van der Waals surface area contributed by atoms with Crippen molar-refractivity contribution in [2.45, 2.75) is 71.8 Å². The average molecular weight is 482 g/mol. The molecule has 2 N–H and O–H groups in total. The van der Waals surface area contributed by atoms with Gasteiger partial charge in [0.2, 0.25) is 0 Å². The van der Waals surface area contributed by atoms with Crippen LogP contribution in [0.15, 0.2) is 4.99 Å². The van der Waals surface area contributed by atoms with Gasteiger partial charge in [0, 0.05) is 45.3 Å². The highest BCUT2D eigenvalue weighted by molar-refractivity contribution is 14.0. The molecule has 0 radical (unpaired) electrons. The third-order valence-corrected chi connectivity index (χ3v) is 4.97. The van der Waals surface area contributed by atoms with Crippen LogP contribution in [0.2, 0.25) is 0 Å². The van der Waals surface area contributed by atoms with E-state index in [4.69, 9.17) is 4.99 Å². The molecule has 1 atom stereocenters. The summed E-state index contributed by atoms with van der Waals surface area (Å²) in [6.07, 6.45) is 8.98. The van der Waals surface area contributed by atoms with Crippen LogP contribution in [-0.2, 0) is 0 Å². The Morgan fingerprint density at radius 3 is 2.38 bits per heavy atom. The van der Waals surface area contributed by atoms with E-state index in [0.29, 0.717) is 6.04 Å². The molecule has 0 aromatic heterocycles. The summed E-state index contributed by atoms with van der Waals surface area (Å²) in [4.78, 5) is 9.76. The minimum absolute atomic E-state index is 0. The molecule has 1 fully saturated rings. The van der Waals surface area contributed by atoms with Gasteiger partial charge in [-0.15, -0.1) is 24.0 Å². The lowest BCUT2D eigenvalue weighted by atomic mass is 10.1. The Bertz CT molecular complexity index is 343. The molecule has 0 aromatic rings. The Morgan fingerprint density at radius 2 is 1.73 bits per heavy atom. The van der Waals surface area contributed by atoms with E-state index in [2.05, 4.69) is 48.3 Å². The fraction of sp³-hybridized carbons (Fsp3) is 0.950. The van der Waals surface area contributed by atoms with Crippen LogP contribution in [0.1, 0.15) is 65.7 Å². The molecule has 6 heteroatoms. The fourth-order valence-electron chi connectivity index (χ4n) is 3.21. The van der Waals surface area contributed by atoms with Gasteiger partial charge in [-0.05, 0) is 46.7 Å². The summed E-state index contributed by atoms with van der Waals surface area (Å²) in [6, 6.07) is 0.500. The maximum Gasteiger partial charge on any atom is 0.191 e. The second kappa shape index (κ2) is 17.0. The van der Waals surface area contributed by atoms with Gasteiger partial charge in [0.05, 0.1) is 0 Å². The van der Waals surface area contributed by atoms with Gasteiger partial charge in [-0.1, -0.05) is 32.6 Å². The maximum absolute atomic E-state index is 4.76. The third-order valence-electron chi connectivity index (χ3n) is 4.97. The first-order chi connectivity index (χ1) is 12.2. The summed E-state index contributed by atoms with van der Waals surface area (Å²) in [7, 11) is 2.21. The molecule has 1 unspecified atom stereocenters. The Hall–Kier alpha value is -0.0800. The van der Waals surface area contributed by atoms with Crippen LogP contribution in [0.4, 0.5) is 0 Å². The van der Waals surface area contributed by atoms with E-state index in [1.165, 1.54) is 77.7 Å². The minimum Gasteiger partial charge on any atom is -0.357 e. The summed E-state index contributed by atoms with van der Waals surface area (Å²) in [5.74, 6) is 0.991. The predicted molar refractivity (Wildman–Crippen MR) is 126 cm³/mol. The number of aliphatic imine (C=N–C) groups is 1. The van der Waals surface area contributed by atoms with Crippen molar-refractivity contribution in [1.29, 1.82) is 0 Å². The Balaban J connectivity index is 0.00000625. The quantitative estimate of drug-likeness (QED) is 0.194. The van der Waals surface area contributed by atoms with Crippen LogP contribution in [0.5, 0.6) is 0 Å². The fourth-order valence-corrected chi connectivity index (χ4v) is 3.21. The SMILES string of the molecule is CCCCCCC(C)NC(=NCCCCN1CCN(C)CC1)NCC.I. The van der Waals surface area contributed by atoms with Crippen molar-refractivity contribution in [2.24, 2.45) is 4.99 Å². The van der Waals surface area contributed by atoms with Gasteiger partial charge in [-0.2, -0.15) is 0 Å².